The molecule has 2 aliphatic rings. The number of nitrogens with zero attached hydrogens (tertiary/aromatic N) is 4. The molecular weight excluding hydrogens is 214 g/mol. The molecular formula is C12H13N5. The molecule has 5 nitrogen and oxygen atoms in total. The number of nitriles is 1. The Kier molecular flexibility index (Phi) is 2.42. The summed E-state index contributed by atoms with van der Waals surface area (Å²) in [4.78, 5) is 8.31. The highest BCUT2D eigenvalue weighted by atomic mass is 15.3. The van der Waals surface area contributed by atoms with E-state index >= 15 is 0 Å². The summed E-state index contributed by atoms with van der Waals surface area (Å²) in [6.07, 6.45) is 5.91. The first-order valence-electron chi connectivity index (χ1n) is 5.68. The monoisotopic (exact) mass is 227 g/mol. The molecule has 3 heterocycles. The highest BCUT2D eigenvalue weighted by Gasteiger charge is 2.24. The summed E-state index contributed by atoms with van der Waals surface area (Å²) in [5, 5.41) is 12.4. The molecule has 2 aliphatic heterocycles. The zero-order chi connectivity index (χ0) is 11.7. The van der Waals surface area contributed by atoms with Crippen molar-refractivity contribution in [2.24, 2.45) is 0 Å². The van der Waals surface area contributed by atoms with Crippen LogP contribution in [-0.2, 0) is 6.54 Å². The molecule has 1 N–H and O–H groups in total. The first-order valence-corrected chi connectivity index (χ1v) is 5.68. The van der Waals surface area contributed by atoms with Crippen LogP contribution in [0.15, 0.2) is 30.2 Å². The maximum Gasteiger partial charge on any atom is 0.184 e. The Morgan fingerprint density at radius 2 is 2.41 bits per heavy atom. The highest BCUT2D eigenvalue weighted by molar-refractivity contribution is 5.54. The van der Waals surface area contributed by atoms with E-state index in [0.29, 0.717) is 6.54 Å². The molecule has 1 fully saturated rings. The van der Waals surface area contributed by atoms with Gasteiger partial charge in [-0.15, -0.1) is 0 Å². The van der Waals surface area contributed by atoms with Crippen LogP contribution in [0.2, 0.25) is 0 Å². The maximum absolute atomic E-state index is 9.10. The molecule has 0 bridgehead atoms. The lowest BCUT2D eigenvalue weighted by Gasteiger charge is -2.30. The fourth-order valence-corrected chi connectivity index (χ4v) is 2.27. The Morgan fingerprint density at radius 1 is 1.47 bits per heavy atom. The minimum absolute atomic E-state index is 0.597. The molecule has 17 heavy (non-hydrogen) atoms. The molecule has 0 saturated carbocycles. The van der Waals surface area contributed by atoms with Gasteiger partial charge in [0.15, 0.2) is 6.19 Å². The molecule has 1 aromatic heterocycles. The largest absolute Gasteiger partial charge is 0.326 e. The van der Waals surface area contributed by atoms with E-state index in [2.05, 4.69) is 21.4 Å². The second-order valence-electron chi connectivity index (χ2n) is 4.16. The van der Waals surface area contributed by atoms with Gasteiger partial charge < -0.3 is 10.2 Å². The molecule has 0 aromatic carbocycles. The first kappa shape index (κ1) is 10.1. The van der Waals surface area contributed by atoms with E-state index in [9.17, 15) is 0 Å². The van der Waals surface area contributed by atoms with Crippen molar-refractivity contribution in [3.8, 4) is 6.19 Å². The van der Waals surface area contributed by atoms with Crippen LogP contribution >= 0.6 is 0 Å². The van der Waals surface area contributed by atoms with Crippen LogP contribution in [0.1, 0.15) is 5.56 Å². The van der Waals surface area contributed by atoms with Gasteiger partial charge in [-0.1, -0.05) is 6.07 Å². The topological polar surface area (TPSA) is 55.2 Å². The van der Waals surface area contributed by atoms with Crippen molar-refractivity contribution in [2.45, 2.75) is 6.54 Å². The van der Waals surface area contributed by atoms with Crippen LogP contribution in [0.3, 0.4) is 0 Å². The molecule has 0 spiro atoms. The van der Waals surface area contributed by atoms with Crippen LogP contribution in [0, 0.1) is 11.5 Å². The van der Waals surface area contributed by atoms with Crippen molar-refractivity contribution in [3.63, 3.8) is 0 Å². The predicted molar refractivity (Wildman–Crippen MR) is 63.7 cm³/mol. The van der Waals surface area contributed by atoms with Crippen molar-refractivity contribution < 1.29 is 0 Å². The van der Waals surface area contributed by atoms with Crippen LogP contribution < -0.4 is 10.2 Å². The van der Waals surface area contributed by atoms with Gasteiger partial charge in [0.2, 0.25) is 0 Å². The van der Waals surface area contributed by atoms with E-state index < -0.39 is 0 Å². The predicted octanol–water partition coefficient (Wildman–Crippen LogP) is 0.629. The van der Waals surface area contributed by atoms with E-state index in [0.717, 1.165) is 36.7 Å². The lowest BCUT2D eigenvalue weighted by atomic mass is 10.2. The van der Waals surface area contributed by atoms with Crippen LogP contribution in [-0.4, -0.2) is 29.5 Å². The average Bonchev–Trinajstić information content (AvgIpc) is 2.55. The third-order valence-corrected chi connectivity index (χ3v) is 3.06. The number of hydrogen-bond donors (Lipinski definition) is 1. The fourth-order valence-electron chi connectivity index (χ4n) is 2.27. The summed E-state index contributed by atoms with van der Waals surface area (Å²) >= 11 is 0. The quantitative estimate of drug-likeness (QED) is 0.659. The van der Waals surface area contributed by atoms with Gasteiger partial charge in [-0.2, -0.15) is 5.26 Å². The summed E-state index contributed by atoms with van der Waals surface area (Å²) in [6, 6.07) is 3.95. The third-order valence-electron chi connectivity index (χ3n) is 3.06. The summed E-state index contributed by atoms with van der Waals surface area (Å²) < 4.78 is 0. The highest BCUT2D eigenvalue weighted by Crippen LogP contribution is 2.27. The number of fused-ring (bicyclic) bond motifs is 3. The fraction of sp³-hybridized carbons (Fsp3) is 0.333. The molecule has 86 valence electrons. The van der Waals surface area contributed by atoms with E-state index in [-0.39, 0.29) is 0 Å². The number of piperazine rings is 1. The third kappa shape index (κ3) is 1.73. The Labute approximate surface area is 100.0 Å². The molecule has 0 unspecified atom stereocenters. The minimum Gasteiger partial charge on any atom is -0.326 e. The van der Waals surface area contributed by atoms with Crippen molar-refractivity contribution in [3.05, 3.63) is 35.8 Å². The van der Waals surface area contributed by atoms with Crippen molar-refractivity contribution in [1.29, 1.82) is 5.26 Å². The van der Waals surface area contributed by atoms with E-state index in [1.54, 1.807) is 11.1 Å². The molecule has 0 aliphatic carbocycles. The summed E-state index contributed by atoms with van der Waals surface area (Å²) in [5.74, 6) is 0.984. The average molecular weight is 227 g/mol. The molecule has 0 amide bonds. The molecule has 1 aromatic rings. The Bertz CT molecular complexity index is 502. The van der Waals surface area contributed by atoms with Gasteiger partial charge in [0.05, 0.1) is 12.2 Å². The van der Waals surface area contributed by atoms with Gasteiger partial charge in [0.1, 0.15) is 5.82 Å². The molecule has 0 radical (unpaired) electrons. The SMILES string of the molecule is N#CN1C=C2CNCCN2c2ncccc2C1. The lowest BCUT2D eigenvalue weighted by Crippen LogP contribution is -2.42. The molecule has 3 rings (SSSR count). The van der Waals surface area contributed by atoms with Crippen molar-refractivity contribution in [2.75, 3.05) is 24.5 Å². The van der Waals surface area contributed by atoms with Gasteiger partial charge in [-0.05, 0) is 6.07 Å². The minimum atomic E-state index is 0.597. The Morgan fingerprint density at radius 3 is 3.29 bits per heavy atom. The van der Waals surface area contributed by atoms with Gasteiger partial charge >= 0.3 is 0 Å². The molecule has 0 atom stereocenters. The summed E-state index contributed by atoms with van der Waals surface area (Å²) in [5.41, 5.74) is 2.21. The van der Waals surface area contributed by atoms with Gasteiger partial charge in [0.25, 0.3) is 0 Å². The van der Waals surface area contributed by atoms with E-state index in [1.807, 2.05) is 18.3 Å². The van der Waals surface area contributed by atoms with Crippen LogP contribution in [0.25, 0.3) is 0 Å². The number of nitrogens with one attached hydrogen (secondary N) is 1. The van der Waals surface area contributed by atoms with Gasteiger partial charge in [-0.3, -0.25) is 4.90 Å². The van der Waals surface area contributed by atoms with Gasteiger partial charge in [0, 0.05) is 37.6 Å². The number of pyridine rings is 1. The second kappa shape index (κ2) is 4.07. The Hall–Kier alpha value is -2.06. The number of rotatable bonds is 0. The van der Waals surface area contributed by atoms with Crippen molar-refractivity contribution in [1.82, 2.24) is 15.2 Å². The number of hydrogen-bond acceptors (Lipinski definition) is 5. The van der Waals surface area contributed by atoms with Crippen LogP contribution in [0.4, 0.5) is 5.82 Å². The van der Waals surface area contributed by atoms with Crippen LogP contribution in [0.5, 0.6) is 0 Å². The molecule has 1 saturated heterocycles. The second-order valence-corrected chi connectivity index (χ2v) is 4.16. The standard InChI is InChI=1S/C12H13N5/c13-9-16-7-10-2-1-3-15-12(10)17-5-4-14-6-11(17)8-16/h1-3,8,14H,4-7H2. The lowest BCUT2D eigenvalue weighted by molar-refractivity contribution is 0.515. The number of anilines is 1. The zero-order valence-electron chi connectivity index (χ0n) is 9.43. The van der Waals surface area contributed by atoms with Crippen molar-refractivity contribution >= 4 is 5.82 Å². The maximum atomic E-state index is 9.10. The number of aromatic nitrogens is 1. The Balaban J connectivity index is 2.09. The molecule has 5 heteroatoms. The van der Waals surface area contributed by atoms with Gasteiger partial charge in [-0.25, -0.2) is 4.98 Å². The first-order chi connectivity index (χ1) is 8.38. The van der Waals surface area contributed by atoms with E-state index in [1.165, 1.54) is 0 Å². The summed E-state index contributed by atoms with van der Waals surface area (Å²) in [6.45, 7) is 3.23. The normalized spacial score (nSPS) is 18.6. The summed E-state index contributed by atoms with van der Waals surface area (Å²) in [7, 11) is 0. The zero-order valence-corrected chi connectivity index (χ0v) is 9.43. The van der Waals surface area contributed by atoms with E-state index in [4.69, 9.17) is 5.26 Å². The smallest absolute Gasteiger partial charge is 0.184 e.